The van der Waals surface area contributed by atoms with E-state index in [0.29, 0.717) is 31.0 Å². The van der Waals surface area contributed by atoms with Gasteiger partial charge in [-0.1, -0.05) is 13.0 Å². The second-order valence-electron chi connectivity index (χ2n) is 7.39. The molecule has 6 nitrogen and oxygen atoms in total. The third-order valence-electron chi connectivity index (χ3n) is 4.99. The zero-order chi connectivity index (χ0) is 21.0. The first-order valence-electron chi connectivity index (χ1n) is 9.99. The molecule has 1 fully saturated rings. The molecule has 0 spiro atoms. The maximum absolute atomic E-state index is 12.9. The van der Waals surface area contributed by atoms with Gasteiger partial charge in [0, 0.05) is 18.7 Å². The first-order chi connectivity index (χ1) is 13.8. The van der Waals surface area contributed by atoms with Crippen LogP contribution in [0.5, 0.6) is 5.75 Å². The quantitative estimate of drug-likeness (QED) is 0.725. The minimum atomic E-state index is -3.76. The molecule has 0 aliphatic carbocycles. The van der Waals surface area contributed by atoms with Gasteiger partial charge in [0.05, 0.1) is 17.2 Å². The van der Waals surface area contributed by atoms with Crippen molar-refractivity contribution in [1.29, 1.82) is 0 Å². The summed E-state index contributed by atoms with van der Waals surface area (Å²) in [6.45, 7) is 7.02. The lowest BCUT2D eigenvalue weighted by molar-refractivity contribution is -0.119. The zero-order valence-corrected chi connectivity index (χ0v) is 18.0. The number of rotatable bonds is 7. The van der Waals surface area contributed by atoms with E-state index >= 15 is 0 Å². The predicted octanol–water partition coefficient (Wildman–Crippen LogP) is 4.41. The normalized spacial score (nSPS) is 14.7. The molecule has 29 heavy (non-hydrogen) atoms. The summed E-state index contributed by atoms with van der Waals surface area (Å²) in [5.74, 6) is 0.768. The molecule has 1 heterocycles. The monoisotopic (exact) mass is 416 g/mol. The predicted molar refractivity (Wildman–Crippen MR) is 115 cm³/mol. The average molecular weight is 417 g/mol. The number of hydrogen-bond acceptors (Lipinski definition) is 4. The van der Waals surface area contributed by atoms with Crippen LogP contribution in [0.15, 0.2) is 41.3 Å². The van der Waals surface area contributed by atoms with E-state index in [4.69, 9.17) is 4.74 Å². The molecule has 0 unspecified atom stereocenters. The van der Waals surface area contributed by atoms with Crippen LogP contribution in [-0.2, 0) is 14.8 Å². The molecule has 1 N–H and O–H groups in total. The molecule has 1 aliphatic rings. The van der Waals surface area contributed by atoms with Crippen LogP contribution in [0.4, 0.5) is 11.4 Å². The van der Waals surface area contributed by atoms with Gasteiger partial charge in [0.25, 0.3) is 10.0 Å². The van der Waals surface area contributed by atoms with Gasteiger partial charge in [0.1, 0.15) is 5.75 Å². The lowest BCUT2D eigenvalue weighted by Gasteiger charge is -2.28. The van der Waals surface area contributed by atoms with Gasteiger partial charge in [0.2, 0.25) is 5.91 Å². The van der Waals surface area contributed by atoms with Crippen molar-refractivity contribution in [3.8, 4) is 5.75 Å². The highest BCUT2D eigenvalue weighted by molar-refractivity contribution is 7.92. The molecule has 1 amide bonds. The van der Waals surface area contributed by atoms with E-state index in [0.717, 1.165) is 36.1 Å². The first kappa shape index (κ1) is 21.2. The molecule has 1 saturated heterocycles. The SMILES string of the molecule is CCCOc1ccc(S(=O)(=O)Nc2ccc(C)c(N3CCCCC3=O)c2)cc1C. The number of ether oxygens (including phenoxy) is 1. The number of benzene rings is 2. The highest BCUT2D eigenvalue weighted by Crippen LogP contribution is 2.29. The number of nitrogens with one attached hydrogen (secondary N) is 1. The molecule has 2 aromatic rings. The van der Waals surface area contributed by atoms with Gasteiger partial charge in [-0.15, -0.1) is 0 Å². The molecular formula is C22H28N2O4S. The van der Waals surface area contributed by atoms with Gasteiger partial charge in [-0.2, -0.15) is 0 Å². The standard InChI is InChI=1S/C22H28N2O4S/c1-4-13-28-21-11-10-19(14-17(21)3)29(26,27)23-18-9-8-16(2)20(15-18)24-12-6-5-7-22(24)25/h8-11,14-15,23H,4-7,12-13H2,1-3H3. The Labute approximate surface area is 172 Å². The molecule has 0 aromatic heterocycles. The molecule has 0 atom stereocenters. The fraction of sp³-hybridized carbons (Fsp3) is 0.409. The number of nitrogens with zero attached hydrogens (tertiary/aromatic N) is 1. The Kier molecular flexibility index (Phi) is 6.47. The first-order valence-corrected chi connectivity index (χ1v) is 11.5. The van der Waals surface area contributed by atoms with Gasteiger partial charge >= 0.3 is 0 Å². The minimum Gasteiger partial charge on any atom is -0.493 e. The van der Waals surface area contributed by atoms with Gasteiger partial charge in [0.15, 0.2) is 0 Å². The fourth-order valence-corrected chi connectivity index (χ4v) is 4.54. The number of aryl methyl sites for hydroxylation is 2. The molecule has 0 bridgehead atoms. The summed E-state index contributed by atoms with van der Waals surface area (Å²) < 4.78 is 34.0. The number of sulfonamides is 1. The summed E-state index contributed by atoms with van der Waals surface area (Å²) in [6.07, 6.45) is 3.27. The minimum absolute atomic E-state index is 0.0812. The van der Waals surface area contributed by atoms with Gasteiger partial charge in [-0.25, -0.2) is 8.42 Å². The average Bonchev–Trinajstić information content (AvgIpc) is 2.69. The number of hydrogen-bond donors (Lipinski definition) is 1. The smallest absolute Gasteiger partial charge is 0.261 e. The van der Waals surface area contributed by atoms with E-state index in [1.807, 2.05) is 26.8 Å². The second-order valence-corrected chi connectivity index (χ2v) is 9.07. The summed E-state index contributed by atoms with van der Waals surface area (Å²) in [5.41, 5.74) is 2.91. The zero-order valence-electron chi connectivity index (χ0n) is 17.2. The van der Waals surface area contributed by atoms with Gasteiger partial charge in [-0.05, 0) is 74.6 Å². The number of carbonyl (C=O) groups is 1. The maximum Gasteiger partial charge on any atom is 0.261 e. The third-order valence-corrected chi connectivity index (χ3v) is 6.37. The van der Waals surface area contributed by atoms with Crippen LogP contribution in [-0.4, -0.2) is 27.5 Å². The van der Waals surface area contributed by atoms with E-state index in [-0.39, 0.29) is 10.8 Å². The molecular weight excluding hydrogens is 388 g/mol. The number of anilines is 2. The Balaban J connectivity index is 1.84. The summed E-state index contributed by atoms with van der Waals surface area (Å²) in [5, 5.41) is 0. The summed E-state index contributed by atoms with van der Waals surface area (Å²) in [4.78, 5) is 14.2. The van der Waals surface area contributed by atoms with Crippen molar-refractivity contribution in [2.24, 2.45) is 0 Å². The lowest BCUT2D eigenvalue weighted by atomic mass is 10.1. The Hall–Kier alpha value is -2.54. The van der Waals surface area contributed by atoms with E-state index in [9.17, 15) is 13.2 Å². The van der Waals surface area contributed by atoms with Crippen LogP contribution in [0.2, 0.25) is 0 Å². The molecule has 3 rings (SSSR count). The van der Waals surface area contributed by atoms with Crippen LogP contribution in [0.25, 0.3) is 0 Å². The molecule has 1 aliphatic heterocycles. The van der Waals surface area contributed by atoms with Crippen LogP contribution in [0.3, 0.4) is 0 Å². The van der Waals surface area contributed by atoms with Crippen molar-refractivity contribution in [3.05, 3.63) is 47.5 Å². The topological polar surface area (TPSA) is 75.7 Å². The van der Waals surface area contributed by atoms with E-state index in [1.165, 1.54) is 0 Å². The Morgan fingerprint density at radius 1 is 1.07 bits per heavy atom. The van der Waals surface area contributed by atoms with E-state index in [1.54, 1.807) is 35.2 Å². The molecule has 156 valence electrons. The van der Waals surface area contributed by atoms with E-state index in [2.05, 4.69) is 4.72 Å². The molecule has 7 heteroatoms. The summed E-state index contributed by atoms with van der Waals surface area (Å²) in [7, 11) is -3.76. The van der Waals surface area contributed by atoms with E-state index < -0.39 is 10.0 Å². The number of carbonyl (C=O) groups excluding carboxylic acids is 1. The van der Waals surface area contributed by atoms with Gasteiger partial charge < -0.3 is 9.64 Å². The Morgan fingerprint density at radius 2 is 1.86 bits per heavy atom. The molecule has 0 radical (unpaired) electrons. The lowest BCUT2D eigenvalue weighted by Crippen LogP contribution is -2.35. The van der Waals surface area contributed by atoms with Crippen molar-refractivity contribution in [3.63, 3.8) is 0 Å². The van der Waals surface area contributed by atoms with Crippen LogP contribution < -0.4 is 14.4 Å². The summed E-state index contributed by atoms with van der Waals surface area (Å²) in [6, 6.07) is 10.1. The second kappa shape index (κ2) is 8.86. The fourth-order valence-electron chi connectivity index (χ4n) is 3.40. The van der Waals surface area contributed by atoms with Crippen LogP contribution in [0.1, 0.15) is 43.7 Å². The summed E-state index contributed by atoms with van der Waals surface area (Å²) >= 11 is 0. The maximum atomic E-state index is 12.9. The van der Waals surface area contributed by atoms with Gasteiger partial charge in [-0.3, -0.25) is 9.52 Å². The largest absolute Gasteiger partial charge is 0.493 e. The van der Waals surface area contributed by atoms with Crippen molar-refractivity contribution in [2.45, 2.75) is 51.3 Å². The third kappa shape index (κ3) is 4.90. The Bertz CT molecular complexity index is 1000. The Morgan fingerprint density at radius 3 is 2.55 bits per heavy atom. The number of piperidine rings is 1. The highest BCUT2D eigenvalue weighted by Gasteiger charge is 2.22. The molecule has 0 saturated carbocycles. The van der Waals surface area contributed by atoms with Crippen molar-refractivity contribution >= 4 is 27.3 Å². The molecule has 2 aromatic carbocycles. The highest BCUT2D eigenvalue weighted by atomic mass is 32.2. The van der Waals surface area contributed by atoms with Crippen LogP contribution >= 0.6 is 0 Å². The number of amides is 1. The van der Waals surface area contributed by atoms with Crippen molar-refractivity contribution in [1.82, 2.24) is 0 Å². The van der Waals surface area contributed by atoms with Crippen molar-refractivity contribution < 1.29 is 17.9 Å². The van der Waals surface area contributed by atoms with Crippen molar-refractivity contribution in [2.75, 3.05) is 22.8 Å². The van der Waals surface area contributed by atoms with Crippen LogP contribution in [0, 0.1) is 13.8 Å².